The van der Waals surface area contributed by atoms with E-state index in [1.807, 2.05) is 0 Å². The SMILES string of the molecule is O=C1c2ccccc2C(=O)N1c1ccc2nc(Sc3ccc(-c4nc(O)c5c6c(sc5n4)CCCC6)cc3[N+](=O)[O-])sc2c1. The number of nitro groups is 1. The number of nitro benzene ring substituents is 1. The van der Waals surface area contributed by atoms with Crippen molar-refractivity contribution in [3.05, 3.63) is 92.3 Å². The number of thiophene rings is 1. The van der Waals surface area contributed by atoms with Crippen LogP contribution in [0.25, 0.3) is 31.8 Å². The van der Waals surface area contributed by atoms with Crippen molar-refractivity contribution in [2.75, 3.05) is 4.90 Å². The molecule has 1 aliphatic carbocycles. The second-order valence-corrected chi connectivity index (χ2v) is 13.8. The van der Waals surface area contributed by atoms with Crippen LogP contribution in [-0.2, 0) is 12.8 Å². The summed E-state index contributed by atoms with van der Waals surface area (Å²) in [6.45, 7) is 0. The minimum Gasteiger partial charge on any atom is -0.493 e. The number of amides is 2. The zero-order chi connectivity index (χ0) is 30.1. The first-order valence-electron chi connectivity index (χ1n) is 13.7. The molecular weight excluding hydrogens is 619 g/mol. The third-order valence-electron chi connectivity index (χ3n) is 7.81. The van der Waals surface area contributed by atoms with Gasteiger partial charge in [-0.1, -0.05) is 23.9 Å². The van der Waals surface area contributed by atoms with Gasteiger partial charge in [0.2, 0.25) is 5.88 Å². The summed E-state index contributed by atoms with van der Waals surface area (Å²) in [6, 6.07) is 16.6. The molecule has 13 heteroatoms. The number of rotatable bonds is 5. The summed E-state index contributed by atoms with van der Waals surface area (Å²) in [4.78, 5) is 54.7. The van der Waals surface area contributed by atoms with Crippen molar-refractivity contribution in [2.45, 2.75) is 34.9 Å². The largest absolute Gasteiger partial charge is 0.493 e. The van der Waals surface area contributed by atoms with Gasteiger partial charge in [0.1, 0.15) is 4.83 Å². The van der Waals surface area contributed by atoms with Crippen LogP contribution in [-0.4, -0.2) is 36.8 Å². The van der Waals surface area contributed by atoms with Gasteiger partial charge in [-0.3, -0.25) is 19.7 Å². The fraction of sp³-hybridized carbons (Fsp3) is 0.129. The van der Waals surface area contributed by atoms with Crippen LogP contribution in [0.2, 0.25) is 0 Å². The van der Waals surface area contributed by atoms with Gasteiger partial charge in [0, 0.05) is 16.5 Å². The normalized spacial score (nSPS) is 14.4. The molecule has 10 nitrogen and oxygen atoms in total. The lowest BCUT2D eigenvalue weighted by Gasteiger charge is -2.13. The van der Waals surface area contributed by atoms with E-state index in [1.54, 1.807) is 65.9 Å². The van der Waals surface area contributed by atoms with Gasteiger partial charge in [-0.25, -0.2) is 14.9 Å². The molecule has 2 amide bonds. The second-order valence-electron chi connectivity index (χ2n) is 10.4. The maximum absolute atomic E-state index is 13.0. The maximum atomic E-state index is 13.0. The highest BCUT2D eigenvalue weighted by molar-refractivity contribution is 8.01. The lowest BCUT2D eigenvalue weighted by atomic mass is 9.97. The van der Waals surface area contributed by atoms with E-state index in [0.29, 0.717) is 47.3 Å². The molecule has 44 heavy (non-hydrogen) atoms. The molecule has 2 aliphatic rings. The minimum atomic E-state index is -0.457. The average Bonchev–Trinajstić information content (AvgIpc) is 3.68. The van der Waals surface area contributed by atoms with Crippen molar-refractivity contribution >= 4 is 78.1 Å². The van der Waals surface area contributed by atoms with Crippen LogP contribution in [0.5, 0.6) is 5.88 Å². The van der Waals surface area contributed by atoms with E-state index in [0.717, 1.165) is 52.6 Å². The summed E-state index contributed by atoms with van der Waals surface area (Å²) in [7, 11) is 0. The van der Waals surface area contributed by atoms with Gasteiger partial charge in [0.05, 0.1) is 42.2 Å². The summed E-state index contributed by atoms with van der Waals surface area (Å²) in [5, 5.41) is 23.6. The van der Waals surface area contributed by atoms with Gasteiger partial charge in [-0.15, -0.1) is 22.7 Å². The number of aromatic nitrogens is 3. The number of nitrogens with zero attached hydrogens (tertiary/aromatic N) is 5. The molecule has 0 saturated carbocycles. The number of aromatic hydroxyl groups is 1. The standard InChI is InChI=1S/C31H19N5O5S3/c37-27-25-19-7-3-4-8-22(19)42-28(25)34-26(33-27)15-9-12-23(21(13-15)36(40)41)43-31-32-20-11-10-16(14-24(20)44-31)35-29(38)17-5-1-2-6-18(17)30(35)39/h1-2,5-6,9-14H,3-4,7-8H2,(H,33,34,37). The lowest BCUT2D eigenvalue weighted by Crippen LogP contribution is -2.29. The molecule has 8 rings (SSSR count). The number of carbonyl (C=O) groups excluding carboxylic acids is 2. The average molecular weight is 638 g/mol. The fourth-order valence-electron chi connectivity index (χ4n) is 5.75. The summed E-state index contributed by atoms with van der Waals surface area (Å²) in [5.41, 5.74) is 3.23. The Hall–Kier alpha value is -4.72. The van der Waals surface area contributed by atoms with Gasteiger partial charge < -0.3 is 5.11 Å². The number of benzene rings is 3. The molecule has 6 aromatic rings. The Morgan fingerprint density at radius 2 is 1.68 bits per heavy atom. The van der Waals surface area contributed by atoms with Crippen LogP contribution in [0, 0.1) is 10.1 Å². The summed E-state index contributed by atoms with van der Waals surface area (Å²) >= 11 is 4.02. The van der Waals surface area contributed by atoms with Crippen molar-refractivity contribution in [1.82, 2.24) is 15.0 Å². The van der Waals surface area contributed by atoms with Gasteiger partial charge in [-0.05, 0) is 73.7 Å². The first kappa shape index (κ1) is 26.9. The van der Waals surface area contributed by atoms with Crippen molar-refractivity contribution in [2.24, 2.45) is 0 Å². The van der Waals surface area contributed by atoms with Crippen LogP contribution < -0.4 is 4.90 Å². The van der Waals surface area contributed by atoms with E-state index in [4.69, 9.17) is 0 Å². The highest BCUT2D eigenvalue weighted by Gasteiger charge is 2.36. The molecule has 0 spiro atoms. The van der Waals surface area contributed by atoms with E-state index in [2.05, 4.69) is 15.0 Å². The molecule has 3 aromatic heterocycles. The summed E-state index contributed by atoms with van der Waals surface area (Å²) < 4.78 is 1.30. The molecule has 0 saturated heterocycles. The molecule has 0 bridgehead atoms. The monoisotopic (exact) mass is 637 g/mol. The van der Waals surface area contributed by atoms with E-state index in [9.17, 15) is 24.8 Å². The van der Waals surface area contributed by atoms with Gasteiger partial charge >= 0.3 is 0 Å². The maximum Gasteiger partial charge on any atom is 0.284 e. The quantitative estimate of drug-likeness (QED) is 0.116. The van der Waals surface area contributed by atoms with E-state index < -0.39 is 4.92 Å². The topological polar surface area (TPSA) is 139 Å². The van der Waals surface area contributed by atoms with Crippen molar-refractivity contribution < 1.29 is 19.6 Å². The Morgan fingerprint density at radius 3 is 2.45 bits per heavy atom. The third-order valence-corrected chi connectivity index (χ3v) is 11.1. The number of aryl methyl sites for hydroxylation is 2. The Kier molecular flexibility index (Phi) is 6.22. The van der Waals surface area contributed by atoms with Crippen molar-refractivity contribution in [1.29, 1.82) is 0 Å². The zero-order valence-electron chi connectivity index (χ0n) is 22.6. The smallest absolute Gasteiger partial charge is 0.284 e. The van der Waals surface area contributed by atoms with Crippen LogP contribution in [0.1, 0.15) is 44.0 Å². The molecular formula is C31H19N5O5S3. The summed E-state index contributed by atoms with van der Waals surface area (Å²) in [5.74, 6) is -0.626. The predicted octanol–water partition coefficient (Wildman–Crippen LogP) is 7.41. The number of hydrogen-bond acceptors (Lipinski definition) is 11. The molecule has 0 fully saturated rings. The number of thiazole rings is 1. The number of anilines is 1. The van der Waals surface area contributed by atoms with Crippen LogP contribution in [0.15, 0.2) is 69.9 Å². The van der Waals surface area contributed by atoms with Crippen LogP contribution >= 0.6 is 34.4 Å². The van der Waals surface area contributed by atoms with Crippen LogP contribution in [0.3, 0.4) is 0 Å². The highest BCUT2D eigenvalue weighted by Crippen LogP contribution is 2.43. The lowest BCUT2D eigenvalue weighted by molar-refractivity contribution is -0.387. The van der Waals surface area contributed by atoms with Crippen molar-refractivity contribution in [3.8, 4) is 17.3 Å². The number of carbonyl (C=O) groups is 2. The Bertz CT molecular complexity index is 2190. The first-order chi connectivity index (χ1) is 21.4. The van der Waals surface area contributed by atoms with Crippen LogP contribution in [0.4, 0.5) is 11.4 Å². The molecule has 0 unspecified atom stereocenters. The zero-order valence-corrected chi connectivity index (χ0v) is 25.1. The number of imide groups is 1. The van der Waals surface area contributed by atoms with Gasteiger partial charge in [0.25, 0.3) is 17.5 Å². The molecule has 216 valence electrons. The highest BCUT2D eigenvalue weighted by atomic mass is 32.2. The minimum absolute atomic E-state index is 0.0967. The van der Waals surface area contributed by atoms with E-state index >= 15 is 0 Å². The Morgan fingerprint density at radius 1 is 0.909 bits per heavy atom. The summed E-state index contributed by atoms with van der Waals surface area (Å²) in [6.07, 6.45) is 4.01. The first-order valence-corrected chi connectivity index (χ1v) is 16.2. The molecule has 1 N–H and O–H groups in total. The number of hydrogen-bond donors (Lipinski definition) is 1. The molecule has 1 aliphatic heterocycles. The van der Waals surface area contributed by atoms with Crippen molar-refractivity contribution in [3.63, 3.8) is 0 Å². The van der Waals surface area contributed by atoms with E-state index in [1.165, 1.54) is 22.3 Å². The molecule has 0 atom stereocenters. The van der Waals surface area contributed by atoms with E-state index in [-0.39, 0.29) is 29.2 Å². The number of fused-ring (bicyclic) bond motifs is 5. The Labute approximate surface area is 261 Å². The third kappa shape index (κ3) is 4.26. The van der Waals surface area contributed by atoms with Gasteiger partial charge in [0.15, 0.2) is 10.2 Å². The van der Waals surface area contributed by atoms with Gasteiger partial charge in [-0.2, -0.15) is 4.98 Å². The molecule has 3 aromatic carbocycles. The Balaban J connectivity index is 1.10. The predicted molar refractivity (Wildman–Crippen MR) is 169 cm³/mol. The molecule has 4 heterocycles. The second kappa shape index (κ2) is 10.2. The molecule has 0 radical (unpaired) electrons. The fourth-order valence-corrected chi connectivity index (χ4v) is 9.14.